The van der Waals surface area contributed by atoms with Crippen LogP contribution in [-0.4, -0.2) is 28.9 Å². The Labute approximate surface area is 169 Å². The molecule has 0 atom stereocenters. The Bertz CT molecular complexity index is 1250. The van der Waals surface area contributed by atoms with Crippen molar-refractivity contribution in [3.8, 4) is 0 Å². The smallest absolute Gasteiger partial charge is 0.275 e. The molecule has 29 heavy (non-hydrogen) atoms. The quantitative estimate of drug-likeness (QED) is 0.662. The molecule has 0 aliphatic heterocycles. The Kier molecular flexibility index (Phi) is 4.62. The van der Waals surface area contributed by atoms with Crippen LogP contribution in [0.4, 0.5) is 0 Å². The zero-order valence-corrected chi connectivity index (χ0v) is 17.7. The lowest BCUT2D eigenvalue weighted by Gasteiger charge is -2.15. The molecule has 9 heteroatoms. The van der Waals surface area contributed by atoms with Crippen molar-refractivity contribution in [1.82, 2.24) is 19.7 Å². The minimum absolute atomic E-state index is 0.0479. The van der Waals surface area contributed by atoms with Crippen LogP contribution in [0.5, 0.6) is 0 Å². The van der Waals surface area contributed by atoms with Crippen molar-refractivity contribution in [1.29, 1.82) is 0 Å². The number of hydrogen-bond acceptors (Lipinski definition) is 6. The van der Waals surface area contributed by atoms with Crippen molar-refractivity contribution in [2.75, 3.05) is 0 Å². The summed E-state index contributed by atoms with van der Waals surface area (Å²) in [4.78, 5) is 13.2. The molecule has 1 aliphatic rings. The number of hydrogen-bond donors (Lipinski definition) is 1. The van der Waals surface area contributed by atoms with Gasteiger partial charge < -0.3 is 4.52 Å². The van der Waals surface area contributed by atoms with Gasteiger partial charge in [-0.2, -0.15) is 5.10 Å². The van der Waals surface area contributed by atoms with E-state index in [2.05, 4.69) is 15.0 Å². The molecule has 8 nitrogen and oxygen atoms in total. The van der Waals surface area contributed by atoms with E-state index in [1.54, 1.807) is 19.1 Å². The lowest BCUT2D eigenvalue weighted by atomic mass is 10.0. The predicted octanol–water partition coefficient (Wildman–Crippen LogP) is 2.70. The monoisotopic (exact) mass is 416 g/mol. The van der Waals surface area contributed by atoms with Crippen LogP contribution < -0.4 is 10.3 Å². The first-order valence-corrected chi connectivity index (χ1v) is 11.1. The lowest BCUT2D eigenvalue weighted by Crippen LogP contribution is -2.34. The molecule has 154 valence electrons. The summed E-state index contributed by atoms with van der Waals surface area (Å²) in [5.74, 6) is 0.560. The number of nitrogens with zero attached hydrogens (tertiary/aromatic N) is 3. The molecule has 1 aliphatic carbocycles. The van der Waals surface area contributed by atoms with Crippen molar-refractivity contribution in [2.24, 2.45) is 0 Å². The van der Waals surface area contributed by atoms with Gasteiger partial charge in [0, 0.05) is 17.0 Å². The maximum Gasteiger partial charge on any atom is 0.275 e. The Morgan fingerprint density at radius 2 is 1.97 bits per heavy atom. The third kappa shape index (κ3) is 3.84. The molecule has 1 aromatic carbocycles. The van der Waals surface area contributed by atoms with Crippen LogP contribution in [0.25, 0.3) is 10.8 Å². The highest BCUT2D eigenvalue weighted by Gasteiger charge is 2.41. The highest BCUT2D eigenvalue weighted by molar-refractivity contribution is 7.89. The Hall–Kier alpha value is -2.52. The Morgan fingerprint density at radius 3 is 2.55 bits per heavy atom. The molecule has 1 saturated carbocycles. The molecular formula is C20H24N4O4S. The maximum atomic E-state index is 13.1. The van der Waals surface area contributed by atoms with Crippen LogP contribution in [0.3, 0.4) is 0 Å². The van der Waals surface area contributed by atoms with Crippen LogP contribution in [0.2, 0.25) is 0 Å². The normalized spacial score (nSPS) is 15.9. The summed E-state index contributed by atoms with van der Waals surface area (Å²) in [5, 5.41) is 9.34. The van der Waals surface area contributed by atoms with E-state index >= 15 is 0 Å². The predicted molar refractivity (Wildman–Crippen MR) is 108 cm³/mol. The molecule has 4 rings (SSSR count). The Morgan fingerprint density at radius 1 is 1.24 bits per heavy atom. The van der Waals surface area contributed by atoms with Gasteiger partial charge in [0.1, 0.15) is 6.54 Å². The van der Waals surface area contributed by atoms with E-state index < -0.39 is 10.0 Å². The zero-order chi connectivity index (χ0) is 21.0. The highest BCUT2D eigenvalue weighted by atomic mass is 32.2. The van der Waals surface area contributed by atoms with E-state index in [0.29, 0.717) is 22.2 Å². The van der Waals surface area contributed by atoms with Gasteiger partial charge >= 0.3 is 0 Å². The van der Waals surface area contributed by atoms with E-state index in [0.717, 1.165) is 18.5 Å². The number of benzene rings is 1. The van der Waals surface area contributed by atoms with Crippen molar-refractivity contribution in [3.05, 3.63) is 51.8 Å². The van der Waals surface area contributed by atoms with E-state index in [1.807, 2.05) is 20.8 Å². The fraction of sp³-hybridized carbons (Fsp3) is 0.450. The third-order valence-corrected chi connectivity index (χ3v) is 6.82. The van der Waals surface area contributed by atoms with Crippen molar-refractivity contribution in [2.45, 2.75) is 63.4 Å². The fourth-order valence-electron chi connectivity index (χ4n) is 3.30. The second kappa shape index (κ2) is 6.77. The zero-order valence-electron chi connectivity index (χ0n) is 16.9. The average molecular weight is 417 g/mol. The van der Waals surface area contributed by atoms with E-state index in [9.17, 15) is 13.2 Å². The maximum absolute atomic E-state index is 13.1. The number of fused-ring (bicyclic) bond motifs is 1. The van der Waals surface area contributed by atoms with Crippen LogP contribution in [0, 0.1) is 6.92 Å². The van der Waals surface area contributed by atoms with Gasteiger partial charge in [0.15, 0.2) is 5.76 Å². The fourth-order valence-corrected chi connectivity index (χ4v) is 4.80. The summed E-state index contributed by atoms with van der Waals surface area (Å²) in [6.07, 6.45) is 1.62. The standard InChI is InChI=1S/C20H24N4O4S/c1-12(2)18-16-6-5-15(29(26,27)23-20(4)7-8-20)10-17(16)19(25)24(21-18)11-14-9-13(3)22-28-14/h5-6,9-10,12,23H,7-8,11H2,1-4H3. The highest BCUT2D eigenvalue weighted by Crippen LogP contribution is 2.36. The average Bonchev–Trinajstić information content (AvgIpc) is 3.21. The number of rotatable bonds is 6. The minimum Gasteiger partial charge on any atom is -0.359 e. The van der Waals surface area contributed by atoms with Crippen molar-refractivity contribution in [3.63, 3.8) is 0 Å². The summed E-state index contributed by atoms with van der Waals surface area (Å²) in [6.45, 7) is 7.76. The molecule has 0 saturated heterocycles. The summed E-state index contributed by atoms with van der Waals surface area (Å²) < 4.78 is 34.8. The SMILES string of the molecule is Cc1cc(Cn2nc(C(C)C)c3ccc(S(=O)(=O)NC4(C)CC4)cc3c2=O)on1. The molecular weight excluding hydrogens is 392 g/mol. The molecule has 0 unspecified atom stereocenters. The van der Waals surface area contributed by atoms with Gasteiger partial charge in [0.05, 0.1) is 21.7 Å². The van der Waals surface area contributed by atoms with Gasteiger partial charge in [-0.3, -0.25) is 4.79 Å². The Balaban J connectivity index is 1.85. The first-order chi connectivity index (χ1) is 13.6. The summed E-state index contributed by atoms with van der Waals surface area (Å²) >= 11 is 0. The molecule has 2 heterocycles. The van der Waals surface area contributed by atoms with E-state index in [-0.39, 0.29) is 28.5 Å². The second-order valence-corrected chi connectivity index (χ2v) is 9.99. The minimum atomic E-state index is -3.71. The molecule has 0 amide bonds. The molecule has 0 radical (unpaired) electrons. The number of nitrogens with one attached hydrogen (secondary N) is 1. The van der Waals surface area contributed by atoms with Crippen LogP contribution >= 0.6 is 0 Å². The van der Waals surface area contributed by atoms with Gasteiger partial charge in [-0.1, -0.05) is 25.1 Å². The lowest BCUT2D eigenvalue weighted by molar-refractivity contribution is 0.365. The first kappa shape index (κ1) is 19.8. The number of aryl methyl sites for hydroxylation is 1. The van der Waals surface area contributed by atoms with Crippen LogP contribution in [0.1, 0.15) is 56.7 Å². The van der Waals surface area contributed by atoms with Crippen molar-refractivity contribution < 1.29 is 12.9 Å². The van der Waals surface area contributed by atoms with Gasteiger partial charge in [0.25, 0.3) is 5.56 Å². The topological polar surface area (TPSA) is 107 Å². The molecule has 2 aromatic heterocycles. The first-order valence-electron chi connectivity index (χ1n) is 9.59. The summed E-state index contributed by atoms with van der Waals surface area (Å²) in [6, 6.07) is 6.40. The van der Waals surface area contributed by atoms with E-state index in [4.69, 9.17) is 4.52 Å². The van der Waals surface area contributed by atoms with Gasteiger partial charge in [-0.15, -0.1) is 0 Å². The molecule has 0 bridgehead atoms. The van der Waals surface area contributed by atoms with Crippen LogP contribution in [0.15, 0.2) is 38.5 Å². The van der Waals surface area contributed by atoms with Gasteiger partial charge in [-0.05, 0) is 44.7 Å². The largest absolute Gasteiger partial charge is 0.359 e. The van der Waals surface area contributed by atoms with Gasteiger partial charge in [0.2, 0.25) is 10.0 Å². The van der Waals surface area contributed by atoms with Gasteiger partial charge in [-0.25, -0.2) is 17.8 Å². The summed E-state index contributed by atoms with van der Waals surface area (Å²) in [7, 11) is -3.71. The molecule has 0 spiro atoms. The molecule has 1 fully saturated rings. The van der Waals surface area contributed by atoms with E-state index in [1.165, 1.54) is 16.8 Å². The molecule has 1 N–H and O–H groups in total. The van der Waals surface area contributed by atoms with Crippen LogP contribution in [-0.2, 0) is 16.6 Å². The number of aromatic nitrogens is 3. The van der Waals surface area contributed by atoms with Crippen molar-refractivity contribution >= 4 is 20.8 Å². The summed E-state index contributed by atoms with van der Waals surface area (Å²) in [5.41, 5.74) is 0.681. The second-order valence-electron chi connectivity index (χ2n) is 8.31. The number of sulfonamides is 1. The third-order valence-electron chi connectivity index (χ3n) is 5.18. The molecule has 3 aromatic rings.